The van der Waals surface area contributed by atoms with Gasteiger partial charge in [0.05, 0.1) is 18.3 Å². The van der Waals surface area contributed by atoms with Crippen molar-refractivity contribution >= 4 is 52.0 Å². The molecule has 10 heteroatoms. The lowest BCUT2D eigenvalue weighted by atomic mass is 9.80. The van der Waals surface area contributed by atoms with Gasteiger partial charge in [0.1, 0.15) is 16.9 Å². The van der Waals surface area contributed by atoms with Crippen LogP contribution in [0.1, 0.15) is 49.1 Å². The van der Waals surface area contributed by atoms with Crippen LogP contribution in [0.5, 0.6) is 5.75 Å². The third-order valence-electron chi connectivity index (χ3n) is 7.31. The van der Waals surface area contributed by atoms with Crippen LogP contribution in [0.15, 0.2) is 52.9 Å². The van der Waals surface area contributed by atoms with E-state index in [9.17, 15) is 18.8 Å². The fourth-order valence-corrected chi connectivity index (χ4v) is 5.41. The predicted molar refractivity (Wildman–Crippen MR) is 144 cm³/mol. The van der Waals surface area contributed by atoms with Crippen molar-refractivity contribution in [3.05, 3.63) is 60.1 Å². The lowest BCUT2D eigenvalue weighted by Crippen LogP contribution is -2.63. The number of carbonyl (C=O) groups is 3. The zero-order valence-corrected chi connectivity index (χ0v) is 21.5. The number of fused-ring (bicyclic) bond motifs is 1. The lowest BCUT2D eigenvalue weighted by Gasteiger charge is -2.39. The predicted octanol–water partition coefficient (Wildman–Crippen LogP) is 4.30. The molecule has 0 bridgehead atoms. The van der Waals surface area contributed by atoms with Gasteiger partial charge in [0, 0.05) is 18.0 Å². The third-order valence-corrected chi connectivity index (χ3v) is 7.41. The number of nitrogens with one attached hydrogen (secondary N) is 2. The number of rotatable bonds is 7. The molecule has 5 rings (SSSR count). The van der Waals surface area contributed by atoms with E-state index in [-0.39, 0.29) is 29.7 Å². The monoisotopic (exact) mass is 537 g/mol. The van der Waals surface area contributed by atoms with Gasteiger partial charge in [-0.3, -0.25) is 14.4 Å². The zero-order chi connectivity index (χ0) is 26.7. The fraction of sp³-hybridized carbons (Fsp3) is 0.357. The number of amides is 2. The van der Waals surface area contributed by atoms with Crippen molar-refractivity contribution in [1.29, 1.82) is 0 Å². The molecular formula is C28H28FN3O5S. The Morgan fingerprint density at radius 1 is 1.13 bits per heavy atom. The molecule has 38 heavy (non-hydrogen) atoms. The zero-order valence-electron chi connectivity index (χ0n) is 20.7. The van der Waals surface area contributed by atoms with Crippen LogP contribution < -0.4 is 20.3 Å². The first-order valence-corrected chi connectivity index (χ1v) is 13.2. The maximum atomic E-state index is 13.7. The summed E-state index contributed by atoms with van der Waals surface area (Å²) in [4.78, 5) is 41.6. The van der Waals surface area contributed by atoms with E-state index in [1.165, 1.54) is 12.1 Å². The van der Waals surface area contributed by atoms with E-state index in [0.717, 1.165) is 30.2 Å². The molecule has 1 aliphatic heterocycles. The Morgan fingerprint density at radius 3 is 2.66 bits per heavy atom. The second-order valence-corrected chi connectivity index (χ2v) is 9.97. The van der Waals surface area contributed by atoms with Gasteiger partial charge in [0.15, 0.2) is 22.8 Å². The number of nitrogens with zero attached hydrogens (tertiary/aromatic N) is 1. The number of piperidine rings is 1. The molecule has 1 saturated carbocycles. The summed E-state index contributed by atoms with van der Waals surface area (Å²) >= 11 is 4.74. The molecule has 2 N–H and O–H groups in total. The smallest absolute Gasteiger partial charge is 0.287 e. The van der Waals surface area contributed by atoms with E-state index in [4.69, 9.17) is 21.4 Å². The van der Waals surface area contributed by atoms with E-state index < -0.39 is 23.3 Å². The first-order valence-electron chi connectivity index (χ1n) is 12.7. The van der Waals surface area contributed by atoms with E-state index in [1.54, 1.807) is 23.1 Å². The van der Waals surface area contributed by atoms with Crippen molar-refractivity contribution in [1.82, 2.24) is 10.6 Å². The minimum absolute atomic E-state index is 0.0166. The lowest BCUT2D eigenvalue weighted by molar-refractivity contribution is -0.133. The van der Waals surface area contributed by atoms with Crippen LogP contribution in [0, 0.1) is 5.82 Å². The number of carbonyl (C=O) groups excluding carboxylic acids is 3. The highest BCUT2D eigenvalue weighted by Crippen LogP contribution is 2.32. The van der Waals surface area contributed by atoms with Crippen molar-refractivity contribution in [3.8, 4) is 5.75 Å². The Labute approximate surface area is 224 Å². The van der Waals surface area contributed by atoms with E-state index in [1.807, 2.05) is 18.2 Å². The Balaban J connectivity index is 1.28. The first-order chi connectivity index (χ1) is 18.4. The summed E-state index contributed by atoms with van der Waals surface area (Å²) < 4.78 is 24.7. The quantitative estimate of drug-likeness (QED) is 0.434. The van der Waals surface area contributed by atoms with Crippen LogP contribution >= 0.6 is 12.2 Å². The van der Waals surface area contributed by atoms with Crippen molar-refractivity contribution in [2.45, 2.75) is 50.1 Å². The van der Waals surface area contributed by atoms with Gasteiger partial charge < -0.3 is 24.7 Å². The normalized spacial score (nSPS) is 19.1. The summed E-state index contributed by atoms with van der Waals surface area (Å²) in [6.07, 6.45) is 3.85. The van der Waals surface area contributed by atoms with E-state index in [0.29, 0.717) is 37.1 Å². The molecule has 8 nitrogen and oxygen atoms in total. The number of hydrogen-bond acceptors (Lipinski definition) is 7. The summed E-state index contributed by atoms with van der Waals surface area (Å²) in [6, 6.07) is 12.3. The number of thiocarbonyl (C=S) groups is 1. The Morgan fingerprint density at radius 2 is 1.92 bits per heavy atom. The van der Waals surface area contributed by atoms with Crippen molar-refractivity contribution in [2.24, 2.45) is 0 Å². The molecule has 1 saturated heterocycles. The summed E-state index contributed by atoms with van der Waals surface area (Å²) in [7, 11) is 0. The van der Waals surface area contributed by atoms with Gasteiger partial charge >= 0.3 is 0 Å². The number of Topliss-reactive ketones (excluding diaryl/α,β-unsaturated/α-hetero) is 1. The molecule has 0 radical (unpaired) electrons. The molecular weight excluding hydrogens is 509 g/mol. The molecule has 2 fully saturated rings. The molecule has 1 aromatic heterocycles. The number of hydrogen-bond donors (Lipinski definition) is 2. The topological polar surface area (TPSA) is 101 Å². The molecule has 2 heterocycles. The highest BCUT2D eigenvalue weighted by molar-refractivity contribution is 7.78. The molecule has 2 aliphatic rings. The second kappa shape index (κ2) is 10.9. The number of halogens is 1. The maximum Gasteiger partial charge on any atom is 0.287 e. The highest BCUT2D eigenvalue weighted by atomic mass is 32.1. The van der Waals surface area contributed by atoms with Crippen LogP contribution in [0.4, 0.5) is 10.1 Å². The first kappa shape index (κ1) is 25.8. The SMILES string of the molecule is O=C(NC1(C(=O)NC2CCN(c3ccc(F)cc3OC=S)CC2=O)CCCCC1)c1cc2ccccc2o1. The van der Waals surface area contributed by atoms with Gasteiger partial charge in [-0.2, -0.15) is 0 Å². The minimum atomic E-state index is -1.12. The van der Waals surface area contributed by atoms with Crippen LogP contribution in [0.3, 0.4) is 0 Å². The fourth-order valence-electron chi connectivity index (χ4n) is 5.31. The minimum Gasteiger partial charge on any atom is -0.451 e. The van der Waals surface area contributed by atoms with Crippen LogP contribution in [0.25, 0.3) is 11.0 Å². The standard InChI is InChI=1S/C28H28FN3O5S/c29-19-8-9-21(24(15-19)36-17-38)32-13-10-20(22(33)16-32)30-27(35)28(11-4-1-5-12-28)31-26(34)25-14-18-6-2-3-7-23(18)37-25/h2-3,6-9,14-15,17,20H,1,4-5,10-13,16H2,(H,30,35)(H,31,34). The van der Waals surface area contributed by atoms with Gasteiger partial charge in [0.25, 0.3) is 5.91 Å². The van der Waals surface area contributed by atoms with Gasteiger partial charge in [-0.05, 0) is 55.7 Å². The molecule has 198 valence electrons. The maximum absolute atomic E-state index is 13.7. The molecule has 2 amide bonds. The summed E-state index contributed by atoms with van der Waals surface area (Å²) in [5.41, 5.74) is 1.06. The molecule has 0 spiro atoms. The molecule has 3 aromatic rings. The van der Waals surface area contributed by atoms with Crippen molar-refractivity contribution < 1.29 is 27.9 Å². The molecule has 1 aliphatic carbocycles. The van der Waals surface area contributed by atoms with Gasteiger partial charge in [-0.25, -0.2) is 4.39 Å². The number of anilines is 1. The number of furan rings is 1. The largest absolute Gasteiger partial charge is 0.451 e. The summed E-state index contributed by atoms with van der Waals surface area (Å²) in [5, 5.41) is 6.66. The third kappa shape index (κ3) is 5.26. The van der Waals surface area contributed by atoms with E-state index in [2.05, 4.69) is 10.6 Å². The number of para-hydroxylation sites is 1. The average molecular weight is 538 g/mol. The second-order valence-electron chi connectivity index (χ2n) is 9.77. The summed E-state index contributed by atoms with van der Waals surface area (Å²) in [6.45, 7) is 0.456. The van der Waals surface area contributed by atoms with Crippen LogP contribution in [-0.2, 0) is 9.59 Å². The van der Waals surface area contributed by atoms with Crippen molar-refractivity contribution in [2.75, 3.05) is 18.0 Å². The summed E-state index contributed by atoms with van der Waals surface area (Å²) in [5.74, 6) is -1.11. The molecule has 1 unspecified atom stereocenters. The average Bonchev–Trinajstić information content (AvgIpc) is 3.35. The Hall–Kier alpha value is -3.79. The Kier molecular flexibility index (Phi) is 7.42. The van der Waals surface area contributed by atoms with Gasteiger partial charge in [-0.1, -0.05) is 37.5 Å². The van der Waals surface area contributed by atoms with Crippen LogP contribution in [-0.4, -0.2) is 47.8 Å². The number of ether oxygens (including phenoxy) is 1. The van der Waals surface area contributed by atoms with E-state index >= 15 is 0 Å². The van der Waals surface area contributed by atoms with Gasteiger partial charge in [0.2, 0.25) is 5.91 Å². The highest BCUT2D eigenvalue weighted by Gasteiger charge is 2.43. The molecule has 1 atom stereocenters. The number of ketones is 1. The van der Waals surface area contributed by atoms with Crippen LogP contribution in [0.2, 0.25) is 0 Å². The molecule has 2 aromatic carbocycles. The van der Waals surface area contributed by atoms with Crippen molar-refractivity contribution in [3.63, 3.8) is 0 Å². The Bertz CT molecular complexity index is 1350. The van der Waals surface area contributed by atoms with Gasteiger partial charge in [-0.15, -0.1) is 0 Å². The number of benzene rings is 2.